The minimum atomic E-state index is -0.301. The molecule has 2 fully saturated rings. The van der Waals surface area contributed by atoms with Crippen LogP contribution in [-0.2, 0) is 16.8 Å². The first-order valence-corrected chi connectivity index (χ1v) is 11.7. The van der Waals surface area contributed by atoms with Crippen molar-refractivity contribution in [2.75, 3.05) is 48.3 Å². The van der Waals surface area contributed by atoms with Gasteiger partial charge in [0.25, 0.3) is 0 Å². The standard InChI is InChI=1S/C23H29N9O/c1-16-14-25-29-32(16)18-7-10-30(11-8-18)21-26-20(24)27-22(28-21)31-12-13-33-23(15-31)9-6-17-4-2-3-5-19(17)23/h2-5,14,18H,6-13,15H2,1H3,(H2,24,26,27,28). The number of rotatable bonds is 3. The Kier molecular flexibility index (Phi) is 4.90. The first-order valence-electron chi connectivity index (χ1n) is 11.7. The van der Waals surface area contributed by atoms with E-state index in [0.29, 0.717) is 24.5 Å². The molecule has 0 saturated carbocycles. The molecule has 2 aliphatic heterocycles. The summed E-state index contributed by atoms with van der Waals surface area (Å²) in [5.41, 5.74) is 9.61. The molecule has 1 aliphatic carbocycles. The fourth-order valence-corrected chi connectivity index (χ4v) is 5.54. The van der Waals surface area contributed by atoms with Crippen LogP contribution in [0.1, 0.15) is 42.1 Å². The van der Waals surface area contributed by atoms with Crippen molar-refractivity contribution in [1.82, 2.24) is 29.9 Å². The normalized spacial score (nSPS) is 23.3. The molecule has 1 spiro atoms. The SMILES string of the molecule is Cc1cnnn1C1CCN(c2nc(N)nc(N3CCOC4(CCc5ccccc54)C3)n2)CC1. The van der Waals surface area contributed by atoms with E-state index in [0.717, 1.165) is 57.6 Å². The zero-order valence-corrected chi connectivity index (χ0v) is 18.9. The summed E-state index contributed by atoms with van der Waals surface area (Å²) in [7, 11) is 0. The molecule has 3 aromatic rings. The molecule has 1 unspecified atom stereocenters. The Labute approximate surface area is 192 Å². The van der Waals surface area contributed by atoms with E-state index in [1.54, 1.807) is 0 Å². The molecule has 2 N–H and O–H groups in total. The Morgan fingerprint density at radius 1 is 1.03 bits per heavy atom. The van der Waals surface area contributed by atoms with Crippen molar-refractivity contribution in [3.63, 3.8) is 0 Å². The van der Waals surface area contributed by atoms with Crippen LogP contribution in [-0.4, -0.2) is 62.7 Å². The predicted molar refractivity (Wildman–Crippen MR) is 124 cm³/mol. The van der Waals surface area contributed by atoms with Gasteiger partial charge in [0.15, 0.2) is 0 Å². The molecule has 4 heterocycles. The summed E-state index contributed by atoms with van der Waals surface area (Å²) < 4.78 is 8.40. The maximum Gasteiger partial charge on any atom is 0.232 e. The molecule has 1 atom stereocenters. The predicted octanol–water partition coefficient (Wildman–Crippen LogP) is 1.87. The summed E-state index contributed by atoms with van der Waals surface area (Å²) in [5.74, 6) is 1.55. The van der Waals surface area contributed by atoms with Gasteiger partial charge in [-0.3, -0.25) is 0 Å². The van der Waals surface area contributed by atoms with Crippen LogP contribution in [0.3, 0.4) is 0 Å². The van der Waals surface area contributed by atoms with Gasteiger partial charge in [-0.15, -0.1) is 5.10 Å². The Hall–Kier alpha value is -3.27. The maximum atomic E-state index is 6.37. The zero-order chi connectivity index (χ0) is 22.4. The van der Waals surface area contributed by atoms with Crippen LogP contribution in [0.2, 0.25) is 0 Å². The average Bonchev–Trinajstić information content (AvgIpc) is 3.43. The van der Waals surface area contributed by atoms with Crippen molar-refractivity contribution in [2.24, 2.45) is 0 Å². The monoisotopic (exact) mass is 447 g/mol. The number of aromatic nitrogens is 6. The highest BCUT2D eigenvalue weighted by Crippen LogP contribution is 2.42. The largest absolute Gasteiger partial charge is 0.368 e. The lowest BCUT2D eigenvalue weighted by molar-refractivity contribution is -0.0596. The molecular weight excluding hydrogens is 418 g/mol. The third kappa shape index (κ3) is 3.58. The molecule has 33 heavy (non-hydrogen) atoms. The van der Waals surface area contributed by atoms with Gasteiger partial charge in [-0.25, -0.2) is 4.68 Å². The molecule has 0 amide bonds. The van der Waals surface area contributed by atoms with Gasteiger partial charge in [-0.2, -0.15) is 15.0 Å². The van der Waals surface area contributed by atoms with Crippen molar-refractivity contribution in [3.8, 4) is 0 Å². The quantitative estimate of drug-likeness (QED) is 0.643. The molecule has 2 saturated heterocycles. The van der Waals surface area contributed by atoms with Gasteiger partial charge in [0.05, 0.1) is 31.1 Å². The molecule has 172 valence electrons. The minimum absolute atomic E-state index is 0.261. The van der Waals surface area contributed by atoms with Gasteiger partial charge < -0.3 is 20.3 Å². The van der Waals surface area contributed by atoms with E-state index in [1.807, 2.05) is 17.8 Å². The number of nitrogen functional groups attached to an aromatic ring is 1. The van der Waals surface area contributed by atoms with Crippen LogP contribution < -0.4 is 15.5 Å². The molecular formula is C23H29N9O. The topological polar surface area (TPSA) is 111 Å². The fourth-order valence-electron chi connectivity index (χ4n) is 5.54. The van der Waals surface area contributed by atoms with Crippen LogP contribution in [0.15, 0.2) is 30.5 Å². The third-order valence-corrected chi connectivity index (χ3v) is 7.25. The number of hydrogen-bond acceptors (Lipinski definition) is 9. The van der Waals surface area contributed by atoms with E-state index in [2.05, 4.69) is 54.3 Å². The lowest BCUT2D eigenvalue weighted by atomic mass is 9.94. The first-order chi connectivity index (χ1) is 16.1. The summed E-state index contributed by atoms with van der Waals surface area (Å²) in [6.45, 7) is 5.82. The molecule has 0 radical (unpaired) electrons. The van der Waals surface area contributed by atoms with Crippen LogP contribution in [0, 0.1) is 6.92 Å². The van der Waals surface area contributed by atoms with Crippen molar-refractivity contribution in [1.29, 1.82) is 0 Å². The molecule has 3 aliphatic rings. The fraction of sp³-hybridized carbons (Fsp3) is 0.522. The Bertz CT molecular complexity index is 1150. The Morgan fingerprint density at radius 3 is 2.61 bits per heavy atom. The average molecular weight is 448 g/mol. The van der Waals surface area contributed by atoms with E-state index in [9.17, 15) is 0 Å². The summed E-state index contributed by atoms with van der Waals surface area (Å²) >= 11 is 0. The number of nitrogens with zero attached hydrogens (tertiary/aromatic N) is 8. The molecule has 1 aromatic carbocycles. The summed E-state index contributed by atoms with van der Waals surface area (Å²) in [4.78, 5) is 18.2. The number of hydrogen-bond donors (Lipinski definition) is 1. The molecule has 6 rings (SSSR count). The lowest BCUT2D eigenvalue weighted by Crippen LogP contribution is -2.49. The van der Waals surface area contributed by atoms with Gasteiger partial charge in [-0.1, -0.05) is 29.5 Å². The van der Waals surface area contributed by atoms with Crippen molar-refractivity contribution >= 4 is 17.8 Å². The third-order valence-electron chi connectivity index (χ3n) is 7.25. The highest BCUT2D eigenvalue weighted by atomic mass is 16.5. The number of nitrogens with two attached hydrogens (primary N) is 1. The Morgan fingerprint density at radius 2 is 1.82 bits per heavy atom. The first kappa shape index (κ1) is 20.3. The number of piperidine rings is 1. The van der Waals surface area contributed by atoms with Crippen LogP contribution in [0.25, 0.3) is 0 Å². The van der Waals surface area contributed by atoms with Crippen LogP contribution in [0.4, 0.5) is 17.8 Å². The van der Waals surface area contributed by atoms with Crippen LogP contribution >= 0.6 is 0 Å². The van der Waals surface area contributed by atoms with Gasteiger partial charge in [0, 0.05) is 19.6 Å². The summed E-state index contributed by atoms with van der Waals surface area (Å²) in [5, 5.41) is 8.27. The Balaban J connectivity index is 1.21. The molecule has 10 heteroatoms. The summed E-state index contributed by atoms with van der Waals surface area (Å²) in [6.07, 6.45) is 5.74. The smallest absolute Gasteiger partial charge is 0.232 e. The van der Waals surface area contributed by atoms with Crippen molar-refractivity contribution < 1.29 is 4.74 Å². The van der Waals surface area contributed by atoms with Gasteiger partial charge in [-0.05, 0) is 43.7 Å². The van der Waals surface area contributed by atoms with Gasteiger partial charge in [0.1, 0.15) is 5.60 Å². The lowest BCUT2D eigenvalue weighted by Gasteiger charge is -2.41. The van der Waals surface area contributed by atoms with E-state index >= 15 is 0 Å². The highest BCUT2D eigenvalue weighted by Gasteiger charge is 2.44. The highest BCUT2D eigenvalue weighted by molar-refractivity contribution is 5.46. The second-order valence-corrected chi connectivity index (χ2v) is 9.25. The van der Waals surface area contributed by atoms with Crippen LogP contribution in [0.5, 0.6) is 0 Å². The van der Waals surface area contributed by atoms with Crippen molar-refractivity contribution in [2.45, 2.75) is 44.2 Å². The second kappa shape index (κ2) is 7.95. The number of ether oxygens (including phenoxy) is 1. The number of anilines is 3. The number of aryl methyl sites for hydroxylation is 2. The van der Waals surface area contributed by atoms with E-state index in [1.165, 1.54) is 11.1 Å². The number of morpholine rings is 1. The number of benzene rings is 1. The summed E-state index contributed by atoms with van der Waals surface area (Å²) in [6, 6.07) is 8.95. The molecule has 2 aromatic heterocycles. The minimum Gasteiger partial charge on any atom is -0.368 e. The van der Waals surface area contributed by atoms with Crippen molar-refractivity contribution in [3.05, 3.63) is 47.3 Å². The molecule has 10 nitrogen and oxygen atoms in total. The van der Waals surface area contributed by atoms with E-state index in [4.69, 9.17) is 15.5 Å². The van der Waals surface area contributed by atoms with E-state index < -0.39 is 0 Å². The maximum absolute atomic E-state index is 6.37. The van der Waals surface area contributed by atoms with E-state index in [-0.39, 0.29) is 11.5 Å². The zero-order valence-electron chi connectivity index (χ0n) is 18.9. The molecule has 0 bridgehead atoms. The second-order valence-electron chi connectivity index (χ2n) is 9.25. The van der Waals surface area contributed by atoms with Gasteiger partial charge in [0.2, 0.25) is 17.8 Å². The number of fused-ring (bicyclic) bond motifs is 2. The van der Waals surface area contributed by atoms with Gasteiger partial charge >= 0.3 is 0 Å².